The maximum Gasteiger partial charge on any atom is 0.255 e. The number of aryl methyl sites for hydroxylation is 1. The Labute approximate surface area is 171 Å². The maximum atomic E-state index is 12.9. The van der Waals surface area contributed by atoms with Gasteiger partial charge in [0.25, 0.3) is 5.91 Å². The molecule has 0 aliphatic carbocycles. The Bertz CT molecular complexity index is 1020. The maximum absolute atomic E-state index is 12.9. The van der Waals surface area contributed by atoms with Crippen molar-refractivity contribution in [1.29, 1.82) is 0 Å². The summed E-state index contributed by atoms with van der Waals surface area (Å²) in [7, 11) is -3.62. The van der Waals surface area contributed by atoms with Crippen LogP contribution in [0.15, 0.2) is 41.6 Å². The Hall–Kier alpha value is -2.29. The molecular formula is C21H25N3O4S. The summed E-state index contributed by atoms with van der Waals surface area (Å²) in [5.41, 5.74) is 3.41. The highest BCUT2D eigenvalue weighted by atomic mass is 32.2. The van der Waals surface area contributed by atoms with Crippen LogP contribution in [0.1, 0.15) is 39.9 Å². The molecule has 4 rings (SSSR count). The van der Waals surface area contributed by atoms with Gasteiger partial charge in [-0.1, -0.05) is 6.07 Å². The van der Waals surface area contributed by atoms with E-state index in [0.29, 0.717) is 31.7 Å². The minimum Gasteiger partial charge on any atom is -0.377 e. The molecule has 0 unspecified atom stereocenters. The molecule has 1 saturated heterocycles. The van der Waals surface area contributed by atoms with Gasteiger partial charge in [-0.3, -0.25) is 9.78 Å². The minimum absolute atomic E-state index is 0.0572. The molecule has 8 heteroatoms. The Morgan fingerprint density at radius 2 is 2.17 bits per heavy atom. The molecule has 2 aliphatic rings. The van der Waals surface area contributed by atoms with Crippen LogP contribution in [0, 0.1) is 6.92 Å². The first-order valence-corrected chi connectivity index (χ1v) is 11.4. The average molecular weight is 416 g/mol. The van der Waals surface area contributed by atoms with Crippen LogP contribution in [-0.4, -0.2) is 50.0 Å². The fraction of sp³-hybridized carbons (Fsp3) is 0.429. The van der Waals surface area contributed by atoms with E-state index in [1.807, 2.05) is 19.1 Å². The number of carbonyl (C=O) groups excluding carboxylic acids is 1. The Kier molecular flexibility index (Phi) is 5.67. The molecule has 3 heterocycles. The number of nitrogens with one attached hydrogen (secondary N) is 1. The van der Waals surface area contributed by atoms with Crippen molar-refractivity contribution in [2.75, 3.05) is 19.7 Å². The molecule has 154 valence electrons. The number of nitrogens with zero attached hydrogens (tertiary/aromatic N) is 2. The van der Waals surface area contributed by atoms with Gasteiger partial charge in [0.2, 0.25) is 10.0 Å². The van der Waals surface area contributed by atoms with Crippen LogP contribution in [0.25, 0.3) is 0 Å². The molecule has 29 heavy (non-hydrogen) atoms. The van der Waals surface area contributed by atoms with Gasteiger partial charge in [0.1, 0.15) is 0 Å². The third-order valence-electron chi connectivity index (χ3n) is 5.58. The molecule has 0 saturated carbocycles. The molecule has 1 N–H and O–H groups in total. The number of sulfonamides is 1. The van der Waals surface area contributed by atoms with E-state index in [1.165, 1.54) is 0 Å². The molecular weight excluding hydrogens is 390 g/mol. The minimum atomic E-state index is -3.62. The zero-order valence-electron chi connectivity index (χ0n) is 16.4. The quantitative estimate of drug-likeness (QED) is 0.807. The van der Waals surface area contributed by atoms with E-state index >= 15 is 0 Å². The molecule has 1 aromatic carbocycles. The van der Waals surface area contributed by atoms with E-state index in [0.717, 1.165) is 29.5 Å². The number of aromatic nitrogens is 1. The van der Waals surface area contributed by atoms with Crippen LogP contribution in [0.5, 0.6) is 0 Å². The van der Waals surface area contributed by atoms with Gasteiger partial charge >= 0.3 is 0 Å². The highest BCUT2D eigenvalue weighted by Gasteiger charge is 2.25. The lowest BCUT2D eigenvalue weighted by Crippen LogP contribution is -2.36. The second-order valence-electron chi connectivity index (χ2n) is 7.58. The van der Waals surface area contributed by atoms with E-state index in [-0.39, 0.29) is 23.5 Å². The highest BCUT2D eigenvalue weighted by Crippen LogP contribution is 2.24. The van der Waals surface area contributed by atoms with Gasteiger partial charge in [-0.15, -0.1) is 0 Å². The van der Waals surface area contributed by atoms with Crippen molar-refractivity contribution in [3.05, 3.63) is 58.9 Å². The van der Waals surface area contributed by atoms with Crippen LogP contribution in [-0.2, 0) is 27.7 Å². The summed E-state index contributed by atoms with van der Waals surface area (Å²) in [6.45, 7) is 3.84. The first-order chi connectivity index (χ1) is 13.9. The van der Waals surface area contributed by atoms with Crippen LogP contribution in [0.3, 0.4) is 0 Å². The number of benzene rings is 1. The fourth-order valence-corrected chi connectivity index (χ4v) is 4.94. The molecule has 0 bridgehead atoms. The van der Waals surface area contributed by atoms with Crippen molar-refractivity contribution in [1.82, 2.24) is 14.6 Å². The van der Waals surface area contributed by atoms with Crippen LogP contribution >= 0.6 is 0 Å². The van der Waals surface area contributed by atoms with Crippen molar-refractivity contribution in [2.24, 2.45) is 0 Å². The SMILES string of the molecule is Cc1ccncc1C(=O)N1CCc2ccc(S(=O)(=O)NC[C@H]3CCCO3)cc2C1. The molecule has 7 nitrogen and oxygen atoms in total. The summed E-state index contributed by atoms with van der Waals surface area (Å²) < 4.78 is 33.5. The first kappa shape index (κ1) is 20.0. The third kappa shape index (κ3) is 4.34. The first-order valence-electron chi connectivity index (χ1n) is 9.87. The number of hydrogen-bond donors (Lipinski definition) is 1. The van der Waals surface area contributed by atoms with Crippen LogP contribution in [0.2, 0.25) is 0 Å². The highest BCUT2D eigenvalue weighted by molar-refractivity contribution is 7.89. The number of amides is 1. The second-order valence-corrected chi connectivity index (χ2v) is 9.35. The van der Waals surface area contributed by atoms with Crippen molar-refractivity contribution in [3.8, 4) is 0 Å². The van der Waals surface area contributed by atoms with Gasteiger partial charge in [-0.25, -0.2) is 13.1 Å². The summed E-state index contributed by atoms with van der Waals surface area (Å²) in [5.74, 6) is -0.0778. The summed E-state index contributed by atoms with van der Waals surface area (Å²) in [4.78, 5) is 18.9. The summed E-state index contributed by atoms with van der Waals surface area (Å²) in [6, 6.07) is 6.99. The van der Waals surface area contributed by atoms with E-state index < -0.39 is 10.0 Å². The van der Waals surface area contributed by atoms with E-state index in [9.17, 15) is 13.2 Å². The zero-order chi connectivity index (χ0) is 20.4. The normalized spacial score (nSPS) is 19.2. The van der Waals surface area contributed by atoms with Crippen LogP contribution in [0.4, 0.5) is 0 Å². The van der Waals surface area contributed by atoms with Gasteiger partial charge in [-0.2, -0.15) is 0 Å². The van der Waals surface area contributed by atoms with Gasteiger partial charge in [0, 0.05) is 38.6 Å². The number of fused-ring (bicyclic) bond motifs is 1. The molecule has 2 aromatic rings. The second kappa shape index (κ2) is 8.22. The van der Waals surface area contributed by atoms with Gasteiger partial charge in [-0.05, 0) is 61.1 Å². The molecule has 1 amide bonds. The number of ether oxygens (including phenoxy) is 1. The molecule has 2 aliphatic heterocycles. The van der Waals surface area contributed by atoms with E-state index in [2.05, 4.69) is 9.71 Å². The number of pyridine rings is 1. The standard InChI is InChI=1S/C21H25N3O4S/c1-15-6-8-22-13-20(15)21(25)24-9-7-16-4-5-19(11-17(16)14-24)29(26,27)23-12-18-3-2-10-28-18/h4-6,8,11,13,18,23H,2-3,7,9-10,12,14H2,1H3/t18-/m1/s1. The number of carbonyl (C=O) groups is 1. The third-order valence-corrected chi connectivity index (χ3v) is 7.00. The van der Waals surface area contributed by atoms with Crippen LogP contribution < -0.4 is 4.72 Å². The Morgan fingerprint density at radius 1 is 1.31 bits per heavy atom. The van der Waals surface area contributed by atoms with Crippen molar-refractivity contribution < 1.29 is 17.9 Å². The van der Waals surface area contributed by atoms with Crippen molar-refractivity contribution in [3.63, 3.8) is 0 Å². The average Bonchev–Trinajstić information content (AvgIpc) is 3.25. The molecule has 1 aromatic heterocycles. The van der Waals surface area contributed by atoms with E-state index in [4.69, 9.17) is 4.74 Å². The molecule has 1 fully saturated rings. The fourth-order valence-electron chi connectivity index (χ4n) is 3.82. The summed E-state index contributed by atoms with van der Waals surface area (Å²) in [5, 5.41) is 0. The smallest absolute Gasteiger partial charge is 0.255 e. The predicted octanol–water partition coefficient (Wildman–Crippen LogP) is 2.05. The molecule has 1 atom stereocenters. The van der Waals surface area contributed by atoms with Crippen molar-refractivity contribution >= 4 is 15.9 Å². The largest absolute Gasteiger partial charge is 0.377 e. The van der Waals surface area contributed by atoms with E-state index in [1.54, 1.807) is 29.4 Å². The Morgan fingerprint density at radius 3 is 2.93 bits per heavy atom. The monoisotopic (exact) mass is 415 g/mol. The van der Waals surface area contributed by atoms with Gasteiger partial charge < -0.3 is 9.64 Å². The number of rotatable bonds is 5. The molecule has 0 radical (unpaired) electrons. The predicted molar refractivity (Wildman–Crippen MR) is 108 cm³/mol. The summed E-state index contributed by atoms with van der Waals surface area (Å²) >= 11 is 0. The topological polar surface area (TPSA) is 88.6 Å². The van der Waals surface area contributed by atoms with Crippen molar-refractivity contribution in [2.45, 2.75) is 43.7 Å². The lowest BCUT2D eigenvalue weighted by atomic mass is 9.99. The number of hydrogen-bond acceptors (Lipinski definition) is 5. The van der Waals surface area contributed by atoms with Gasteiger partial charge in [0.05, 0.1) is 16.6 Å². The molecule has 0 spiro atoms. The Balaban J connectivity index is 1.50. The van der Waals surface area contributed by atoms with Gasteiger partial charge in [0.15, 0.2) is 0 Å². The lowest BCUT2D eigenvalue weighted by Gasteiger charge is -2.29. The lowest BCUT2D eigenvalue weighted by molar-refractivity contribution is 0.0733. The summed E-state index contributed by atoms with van der Waals surface area (Å²) in [6.07, 6.45) is 5.73. The zero-order valence-corrected chi connectivity index (χ0v) is 17.2.